The average molecular weight is 657 g/mol. The highest BCUT2D eigenvalue weighted by atomic mass is 32.1. The topological polar surface area (TPSA) is 44.9 Å². The zero-order valence-corrected chi connectivity index (χ0v) is 27.3. The van der Waals surface area contributed by atoms with E-state index in [1.165, 1.54) is 47.2 Å². The first-order valence-corrected chi connectivity index (χ1v) is 17.6. The molecular formula is C44H24N4OS. The predicted molar refractivity (Wildman–Crippen MR) is 207 cm³/mol. The minimum atomic E-state index is 0.637. The van der Waals surface area contributed by atoms with Crippen LogP contribution in [0.3, 0.4) is 0 Å². The Morgan fingerprint density at radius 1 is 0.480 bits per heavy atom. The SMILES string of the molecule is c1ccc(-n2c3ccccc3c3c4sc5ccccc5c4c4c5ccccc5n(-c5nc6c7c(cccc7n5)Oc5ccccc5-6)c4c32)cc1. The van der Waals surface area contributed by atoms with Crippen molar-refractivity contribution in [3.63, 3.8) is 0 Å². The minimum absolute atomic E-state index is 0.637. The van der Waals surface area contributed by atoms with Crippen LogP contribution in [0.2, 0.25) is 0 Å². The van der Waals surface area contributed by atoms with E-state index in [4.69, 9.17) is 14.7 Å². The fraction of sp³-hybridized carbons (Fsp3) is 0. The lowest BCUT2D eigenvalue weighted by molar-refractivity contribution is 0.486. The summed E-state index contributed by atoms with van der Waals surface area (Å²) in [6, 6.07) is 51.4. The van der Waals surface area contributed by atoms with E-state index < -0.39 is 0 Å². The van der Waals surface area contributed by atoms with Crippen LogP contribution in [0, 0.1) is 0 Å². The van der Waals surface area contributed by atoms with Gasteiger partial charge in [-0.25, -0.2) is 9.97 Å². The van der Waals surface area contributed by atoms with E-state index in [0.717, 1.165) is 55.9 Å². The first kappa shape index (κ1) is 26.5. The van der Waals surface area contributed by atoms with E-state index in [2.05, 4.69) is 124 Å². The van der Waals surface area contributed by atoms with Crippen LogP contribution in [0.25, 0.3) is 97.6 Å². The third kappa shape index (κ3) is 3.31. The number of aromatic nitrogens is 4. The second-order valence-corrected chi connectivity index (χ2v) is 14.0. The molecule has 6 heteroatoms. The molecule has 0 atom stereocenters. The fourth-order valence-corrected chi connectivity index (χ4v) is 9.59. The molecule has 0 radical (unpaired) electrons. The smallest absolute Gasteiger partial charge is 0.235 e. The van der Waals surface area contributed by atoms with Crippen molar-refractivity contribution in [3.8, 4) is 34.4 Å². The molecule has 0 bridgehead atoms. The molecule has 0 saturated carbocycles. The van der Waals surface area contributed by atoms with Crippen molar-refractivity contribution in [1.82, 2.24) is 19.1 Å². The number of fused-ring (bicyclic) bond motifs is 14. The standard InChI is InChI=1S/C44H24N4OS/c1-2-13-25(14-3-1)47-31-20-8-5-16-27(31)38-42(47)41-36(37-29-18-7-11-24-35(29)50-43(37)38)26-15-4-9-21-32(26)48(41)44-45-30-19-12-23-34-39(30)40(46-44)28-17-6-10-22-33(28)49-34/h1-24H. The molecule has 0 spiro atoms. The summed E-state index contributed by atoms with van der Waals surface area (Å²) in [5.41, 5.74) is 8.30. The summed E-state index contributed by atoms with van der Waals surface area (Å²) in [6.07, 6.45) is 0. The largest absolute Gasteiger partial charge is 0.456 e. The highest BCUT2D eigenvalue weighted by molar-refractivity contribution is 7.27. The van der Waals surface area contributed by atoms with Crippen molar-refractivity contribution in [2.45, 2.75) is 0 Å². The van der Waals surface area contributed by atoms with Crippen LogP contribution in [0.5, 0.6) is 11.5 Å². The molecule has 11 aromatic rings. The van der Waals surface area contributed by atoms with Crippen molar-refractivity contribution in [2.24, 2.45) is 0 Å². The van der Waals surface area contributed by atoms with Crippen LogP contribution in [-0.4, -0.2) is 19.1 Å². The molecule has 7 aromatic carbocycles. The van der Waals surface area contributed by atoms with Gasteiger partial charge in [0.05, 0.1) is 38.7 Å². The molecule has 5 heterocycles. The second kappa shape index (κ2) is 9.56. The Kier molecular flexibility index (Phi) is 5.06. The lowest BCUT2D eigenvalue weighted by Crippen LogP contribution is -2.07. The van der Waals surface area contributed by atoms with Gasteiger partial charge in [-0.05, 0) is 54.6 Å². The number of ether oxygens (including phenoxy) is 1. The molecular weight excluding hydrogens is 633 g/mol. The van der Waals surface area contributed by atoms with E-state index in [1.54, 1.807) is 0 Å². The third-order valence-electron chi connectivity index (χ3n) is 10.3. The van der Waals surface area contributed by atoms with Gasteiger partial charge in [0.15, 0.2) is 0 Å². The van der Waals surface area contributed by atoms with Gasteiger partial charge in [-0.1, -0.05) is 91.0 Å². The lowest BCUT2D eigenvalue weighted by Gasteiger charge is -2.21. The summed E-state index contributed by atoms with van der Waals surface area (Å²) < 4.78 is 13.7. The summed E-state index contributed by atoms with van der Waals surface area (Å²) in [7, 11) is 0. The quantitative estimate of drug-likeness (QED) is 0.186. The molecule has 5 nitrogen and oxygen atoms in total. The summed E-state index contributed by atoms with van der Waals surface area (Å²) in [5.74, 6) is 2.22. The Balaban J connectivity index is 1.38. The molecule has 232 valence electrons. The van der Waals surface area contributed by atoms with Gasteiger partial charge in [-0.3, -0.25) is 4.57 Å². The van der Waals surface area contributed by atoms with Crippen molar-refractivity contribution in [1.29, 1.82) is 0 Å². The summed E-state index contributed by atoms with van der Waals surface area (Å²) >= 11 is 1.88. The Morgan fingerprint density at radius 3 is 2.00 bits per heavy atom. The van der Waals surface area contributed by atoms with Gasteiger partial charge in [-0.2, -0.15) is 0 Å². The lowest BCUT2D eigenvalue weighted by atomic mass is 10.0. The van der Waals surface area contributed by atoms with E-state index in [9.17, 15) is 0 Å². The zero-order chi connectivity index (χ0) is 32.5. The molecule has 4 aromatic heterocycles. The summed E-state index contributed by atoms with van der Waals surface area (Å²) in [4.78, 5) is 10.8. The van der Waals surface area contributed by atoms with Gasteiger partial charge in [-0.15, -0.1) is 11.3 Å². The number of para-hydroxylation sites is 4. The van der Waals surface area contributed by atoms with Crippen molar-refractivity contribution in [3.05, 3.63) is 146 Å². The fourth-order valence-electron chi connectivity index (χ4n) is 8.32. The molecule has 0 N–H and O–H groups in total. The van der Waals surface area contributed by atoms with Crippen LogP contribution in [0.1, 0.15) is 0 Å². The molecule has 12 rings (SSSR count). The molecule has 0 saturated heterocycles. The van der Waals surface area contributed by atoms with Crippen LogP contribution >= 0.6 is 11.3 Å². The third-order valence-corrected chi connectivity index (χ3v) is 11.5. The molecule has 1 aliphatic heterocycles. The van der Waals surface area contributed by atoms with Gasteiger partial charge >= 0.3 is 0 Å². The minimum Gasteiger partial charge on any atom is -0.456 e. The van der Waals surface area contributed by atoms with Crippen LogP contribution in [0.15, 0.2) is 146 Å². The molecule has 0 fully saturated rings. The maximum Gasteiger partial charge on any atom is 0.235 e. The first-order chi connectivity index (χ1) is 24.8. The average Bonchev–Trinajstić information content (AvgIpc) is 3.83. The van der Waals surface area contributed by atoms with Crippen LogP contribution < -0.4 is 4.74 Å². The van der Waals surface area contributed by atoms with E-state index in [1.807, 2.05) is 41.7 Å². The molecule has 0 unspecified atom stereocenters. The summed E-state index contributed by atoms with van der Waals surface area (Å²) in [5, 5.41) is 8.36. The van der Waals surface area contributed by atoms with Crippen LogP contribution in [-0.2, 0) is 0 Å². The van der Waals surface area contributed by atoms with E-state index >= 15 is 0 Å². The van der Waals surface area contributed by atoms with E-state index in [-0.39, 0.29) is 0 Å². The number of nitrogens with zero attached hydrogens (tertiary/aromatic N) is 4. The van der Waals surface area contributed by atoms with Crippen LogP contribution in [0.4, 0.5) is 0 Å². The number of hydrogen-bond acceptors (Lipinski definition) is 4. The van der Waals surface area contributed by atoms with Gasteiger partial charge < -0.3 is 9.30 Å². The van der Waals surface area contributed by atoms with Gasteiger partial charge in [0.25, 0.3) is 0 Å². The number of hydrogen-bond donors (Lipinski definition) is 0. The normalized spacial score (nSPS) is 12.6. The van der Waals surface area contributed by atoms with Crippen molar-refractivity contribution < 1.29 is 4.74 Å². The van der Waals surface area contributed by atoms with Gasteiger partial charge in [0.1, 0.15) is 11.5 Å². The molecule has 0 amide bonds. The van der Waals surface area contributed by atoms with Gasteiger partial charge in [0, 0.05) is 53.0 Å². The Morgan fingerprint density at radius 2 is 1.14 bits per heavy atom. The maximum absolute atomic E-state index is 6.37. The maximum atomic E-state index is 6.37. The molecule has 50 heavy (non-hydrogen) atoms. The van der Waals surface area contributed by atoms with Crippen molar-refractivity contribution in [2.75, 3.05) is 0 Å². The number of rotatable bonds is 2. The Labute approximate surface area is 288 Å². The van der Waals surface area contributed by atoms with Crippen molar-refractivity contribution >= 4 is 86.0 Å². The Bertz CT molecular complexity index is 3240. The number of thiophene rings is 1. The molecule has 0 aliphatic carbocycles. The second-order valence-electron chi connectivity index (χ2n) is 12.9. The highest BCUT2D eigenvalue weighted by Gasteiger charge is 2.29. The predicted octanol–water partition coefficient (Wildman–Crippen LogP) is 12.0. The molecule has 1 aliphatic rings. The summed E-state index contributed by atoms with van der Waals surface area (Å²) in [6.45, 7) is 0. The highest BCUT2D eigenvalue weighted by Crippen LogP contribution is 2.51. The Hall–Kier alpha value is -6.50. The van der Waals surface area contributed by atoms with Gasteiger partial charge in [0.2, 0.25) is 5.95 Å². The zero-order valence-electron chi connectivity index (χ0n) is 26.5. The monoisotopic (exact) mass is 656 g/mol. The first-order valence-electron chi connectivity index (χ1n) is 16.8. The van der Waals surface area contributed by atoms with E-state index in [0.29, 0.717) is 5.95 Å². The number of benzene rings is 7.